The van der Waals surface area contributed by atoms with Gasteiger partial charge in [-0.1, -0.05) is 12.1 Å². The fraction of sp³-hybridized carbons (Fsp3) is 0.0500. The van der Waals surface area contributed by atoms with Crippen molar-refractivity contribution in [2.24, 2.45) is 7.05 Å². The van der Waals surface area contributed by atoms with Crippen LogP contribution < -0.4 is 22.7 Å². The topological polar surface area (TPSA) is 73.0 Å². The van der Waals surface area contributed by atoms with Crippen molar-refractivity contribution in [1.82, 2.24) is 0 Å². The number of para-hydroxylation sites is 1. The molecule has 0 fully saturated rings. The molecule has 5 nitrogen and oxygen atoms in total. The van der Waals surface area contributed by atoms with E-state index in [4.69, 9.17) is 5.73 Å². The number of nitrogen functional groups attached to an aromatic ring is 1. The number of hydrogen-bond donors (Lipinski definition) is 1. The summed E-state index contributed by atoms with van der Waals surface area (Å²) in [6.07, 6.45) is 0. The number of rotatable bonds is 2. The molecule has 6 heteroatoms. The van der Waals surface area contributed by atoms with Crippen molar-refractivity contribution in [2.45, 2.75) is 0 Å². The molecule has 1 heterocycles. The maximum atomic E-state index is 10.9. The van der Waals surface area contributed by atoms with Crippen LogP contribution >= 0.6 is 0 Å². The predicted molar refractivity (Wildman–Crippen MR) is 99.1 cm³/mol. The Morgan fingerprint density at radius 1 is 0.923 bits per heavy atom. The van der Waals surface area contributed by atoms with E-state index in [1.807, 2.05) is 37.4 Å². The summed E-state index contributed by atoms with van der Waals surface area (Å²) in [6, 6.07) is 20.7. The number of nitro groups is 1. The van der Waals surface area contributed by atoms with Gasteiger partial charge in [0.1, 0.15) is 7.05 Å². The maximum Gasteiger partial charge on any atom is 0.269 e. The van der Waals surface area contributed by atoms with E-state index in [-0.39, 0.29) is 23.0 Å². The second-order valence-corrected chi connectivity index (χ2v) is 6.03. The Morgan fingerprint density at radius 2 is 1.62 bits per heavy atom. The monoisotopic (exact) mass is 365 g/mol. The van der Waals surface area contributed by atoms with Gasteiger partial charge in [-0.05, 0) is 36.4 Å². The van der Waals surface area contributed by atoms with Crippen LogP contribution in [0.25, 0.3) is 32.9 Å². The lowest BCUT2D eigenvalue weighted by molar-refractivity contribution is -0.632. The zero-order valence-electron chi connectivity index (χ0n) is 14.0. The highest BCUT2D eigenvalue weighted by Gasteiger charge is 2.21. The fourth-order valence-corrected chi connectivity index (χ4v) is 3.38. The van der Waals surface area contributed by atoms with Crippen LogP contribution in [0.5, 0.6) is 0 Å². The van der Waals surface area contributed by atoms with Crippen LogP contribution in [-0.4, -0.2) is 4.92 Å². The van der Waals surface area contributed by atoms with Crippen molar-refractivity contribution < 1.29 is 21.9 Å². The van der Waals surface area contributed by atoms with Gasteiger partial charge in [-0.3, -0.25) is 10.1 Å². The number of halogens is 1. The van der Waals surface area contributed by atoms with Crippen molar-refractivity contribution >= 4 is 33.1 Å². The maximum absolute atomic E-state index is 10.9. The van der Waals surface area contributed by atoms with Crippen LogP contribution in [0.15, 0.2) is 66.7 Å². The highest BCUT2D eigenvalue weighted by Crippen LogP contribution is 2.32. The molecule has 0 spiro atoms. The molecular formula is C20H16ClN3O2. The third-order valence-corrected chi connectivity index (χ3v) is 4.54. The molecule has 0 atom stereocenters. The van der Waals surface area contributed by atoms with E-state index < -0.39 is 0 Å². The molecule has 0 aliphatic heterocycles. The van der Waals surface area contributed by atoms with E-state index in [0.717, 1.165) is 32.9 Å². The number of nitrogens with zero attached hydrogens (tertiary/aromatic N) is 2. The highest BCUT2D eigenvalue weighted by molar-refractivity contribution is 6.09. The number of aryl methyl sites for hydroxylation is 1. The van der Waals surface area contributed by atoms with E-state index in [9.17, 15) is 10.1 Å². The van der Waals surface area contributed by atoms with E-state index in [1.54, 1.807) is 12.1 Å². The van der Waals surface area contributed by atoms with Crippen LogP contribution in [0.1, 0.15) is 0 Å². The van der Waals surface area contributed by atoms with Gasteiger partial charge in [0.05, 0.1) is 15.7 Å². The molecule has 0 bridgehead atoms. The summed E-state index contributed by atoms with van der Waals surface area (Å²) >= 11 is 0. The highest BCUT2D eigenvalue weighted by atomic mass is 35.5. The Balaban J connectivity index is 0.00000196. The molecule has 4 aromatic rings. The molecule has 3 aromatic carbocycles. The summed E-state index contributed by atoms with van der Waals surface area (Å²) < 4.78 is 2.12. The summed E-state index contributed by atoms with van der Waals surface area (Å²) in [7, 11) is 2.01. The predicted octanol–water partition coefficient (Wildman–Crippen LogP) is 0.979. The molecule has 1 aromatic heterocycles. The number of anilines is 1. The van der Waals surface area contributed by atoms with Gasteiger partial charge in [-0.25, -0.2) is 0 Å². The van der Waals surface area contributed by atoms with Crippen LogP contribution in [0.2, 0.25) is 0 Å². The zero-order chi connectivity index (χ0) is 17.6. The number of benzene rings is 3. The molecule has 26 heavy (non-hydrogen) atoms. The first kappa shape index (κ1) is 17.6. The summed E-state index contributed by atoms with van der Waals surface area (Å²) in [5.74, 6) is 0. The lowest BCUT2D eigenvalue weighted by atomic mass is 9.98. The summed E-state index contributed by atoms with van der Waals surface area (Å²) in [5.41, 5.74) is 9.81. The van der Waals surface area contributed by atoms with E-state index >= 15 is 0 Å². The van der Waals surface area contributed by atoms with E-state index in [1.165, 1.54) is 12.1 Å². The van der Waals surface area contributed by atoms with Gasteiger partial charge in [0.15, 0.2) is 0 Å². The third kappa shape index (κ3) is 2.72. The van der Waals surface area contributed by atoms with Gasteiger partial charge < -0.3 is 18.1 Å². The first-order chi connectivity index (χ1) is 12.1. The Morgan fingerprint density at radius 3 is 2.31 bits per heavy atom. The molecule has 0 aliphatic rings. The van der Waals surface area contributed by atoms with Gasteiger partial charge in [0.2, 0.25) is 11.2 Å². The van der Waals surface area contributed by atoms with Crippen LogP contribution in [0.4, 0.5) is 11.4 Å². The van der Waals surface area contributed by atoms with Crippen molar-refractivity contribution in [3.63, 3.8) is 0 Å². The largest absolute Gasteiger partial charge is 1.00 e. The molecule has 2 N–H and O–H groups in total. The van der Waals surface area contributed by atoms with Crippen LogP contribution in [0.3, 0.4) is 0 Å². The Labute approximate surface area is 156 Å². The van der Waals surface area contributed by atoms with Crippen molar-refractivity contribution in [3.05, 3.63) is 76.8 Å². The molecule has 130 valence electrons. The normalized spacial score (nSPS) is 10.7. The molecule has 4 rings (SSSR count). The Kier molecular flexibility index (Phi) is 4.49. The zero-order valence-corrected chi connectivity index (χ0v) is 14.8. The first-order valence-corrected chi connectivity index (χ1v) is 7.91. The van der Waals surface area contributed by atoms with Gasteiger partial charge in [-0.2, -0.15) is 4.57 Å². The average Bonchev–Trinajstić information content (AvgIpc) is 2.63. The molecule has 0 unspecified atom stereocenters. The number of fused-ring (bicyclic) bond motifs is 3. The first-order valence-electron chi connectivity index (χ1n) is 7.91. The van der Waals surface area contributed by atoms with Crippen LogP contribution in [-0.2, 0) is 7.05 Å². The third-order valence-electron chi connectivity index (χ3n) is 4.54. The van der Waals surface area contributed by atoms with E-state index in [2.05, 4.69) is 16.7 Å². The molecule has 0 amide bonds. The number of hydrogen-bond acceptors (Lipinski definition) is 3. The Bertz CT molecular complexity index is 1140. The summed E-state index contributed by atoms with van der Waals surface area (Å²) in [5, 5.41) is 14.2. The number of pyridine rings is 1. The van der Waals surface area contributed by atoms with E-state index in [0.29, 0.717) is 5.69 Å². The quantitative estimate of drug-likeness (QED) is 0.189. The molecule has 0 radical (unpaired) electrons. The summed E-state index contributed by atoms with van der Waals surface area (Å²) in [4.78, 5) is 10.5. The minimum Gasteiger partial charge on any atom is -1.00 e. The minimum atomic E-state index is -0.386. The van der Waals surface area contributed by atoms with Gasteiger partial charge >= 0.3 is 0 Å². The second kappa shape index (κ2) is 6.61. The average molecular weight is 366 g/mol. The van der Waals surface area contributed by atoms with Crippen molar-refractivity contribution in [3.8, 4) is 11.3 Å². The number of nitro benzene ring substituents is 1. The Hall–Kier alpha value is -3.18. The smallest absolute Gasteiger partial charge is 0.269 e. The minimum absolute atomic E-state index is 0. The second-order valence-electron chi connectivity index (χ2n) is 6.03. The van der Waals surface area contributed by atoms with Crippen LogP contribution in [0, 0.1) is 10.1 Å². The number of aromatic nitrogens is 1. The summed E-state index contributed by atoms with van der Waals surface area (Å²) in [6.45, 7) is 0. The number of non-ortho nitro benzene ring substituents is 1. The molecule has 0 saturated carbocycles. The van der Waals surface area contributed by atoms with Crippen molar-refractivity contribution in [2.75, 3.05) is 5.73 Å². The molecule has 0 saturated heterocycles. The number of nitrogens with two attached hydrogens (primary N) is 1. The lowest BCUT2D eigenvalue weighted by Gasteiger charge is -2.10. The van der Waals surface area contributed by atoms with Gasteiger partial charge in [0.25, 0.3) is 5.69 Å². The SMILES string of the molecule is C[n+]1c(-c2ccc([N+](=O)[O-])cc2)c2ccc(N)cc2c2ccccc21.[Cl-]. The van der Waals surface area contributed by atoms with Crippen molar-refractivity contribution in [1.29, 1.82) is 0 Å². The lowest BCUT2D eigenvalue weighted by Crippen LogP contribution is -3.00. The molecule has 0 aliphatic carbocycles. The van der Waals surface area contributed by atoms with Gasteiger partial charge in [-0.15, -0.1) is 0 Å². The standard InChI is InChI=1S/C20H15N3O2.ClH/c1-22-19-5-3-2-4-16(19)18-12-14(21)8-11-17(18)20(22)13-6-9-15(10-7-13)23(24)25;/h2-12,21H,1H3;1H. The fourth-order valence-electron chi connectivity index (χ4n) is 3.38. The molecular weight excluding hydrogens is 350 g/mol. The van der Waals surface area contributed by atoms with Gasteiger partial charge in [0, 0.05) is 34.8 Å².